The van der Waals surface area contributed by atoms with Gasteiger partial charge in [-0.15, -0.1) is 0 Å². The van der Waals surface area contributed by atoms with Gasteiger partial charge in [-0.3, -0.25) is 0 Å². The third-order valence-corrected chi connectivity index (χ3v) is 1.94. The van der Waals surface area contributed by atoms with Crippen LogP contribution in [0, 0.1) is 0 Å². The van der Waals surface area contributed by atoms with E-state index in [9.17, 15) is 5.11 Å². The van der Waals surface area contributed by atoms with Gasteiger partial charge >= 0.3 is 0 Å². The van der Waals surface area contributed by atoms with Crippen molar-refractivity contribution >= 4 is 0 Å². The van der Waals surface area contributed by atoms with Crippen molar-refractivity contribution in [2.24, 2.45) is 0 Å². The highest BCUT2D eigenvalue weighted by atomic mass is 16.5. The maximum Gasteiger partial charge on any atom is 0.0927 e. The van der Waals surface area contributed by atoms with E-state index in [1.54, 1.807) is 0 Å². The normalized spacial score (nSPS) is 32.0. The lowest BCUT2D eigenvalue weighted by molar-refractivity contribution is -0.0331. The van der Waals surface area contributed by atoms with Crippen LogP contribution in [-0.4, -0.2) is 36.0 Å². The molecule has 3 heteroatoms. The van der Waals surface area contributed by atoms with E-state index >= 15 is 0 Å². The summed E-state index contributed by atoms with van der Waals surface area (Å²) in [5.74, 6) is 0. The minimum Gasteiger partial charge on any atom is -0.389 e. The second-order valence-corrected chi connectivity index (χ2v) is 4.43. The molecule has 0 radical (unpaired) electrons. The van der Waals surface area contributed by atoms with Crippen LogP contribution in [0.25, 0.3) is 0 Å². The second kappa shape index (κ2) is 3.73. The van der Waals surface area contributed by atoms with E-state index in [0.717, 1.165) is 13.0 Å². The second-order valence-electron chi connectivity index (χ2n) is 4.43. The molecule has 0 aliphatic carbocycles. The number of ether oxygens (including phenoxy) is 1. The summed E-state index contributed by atoms with van der Waals surface area (Å²) in [5, 5.41) is 12.9. The van der Waals surface area contributed by atoms with Crippen LogP contribution in [0.15, 0.2) is 0 Å². The quantitative estimate of drug-likeness (QED) is 0.607. The van der Waals surface area contributed by atoms with Crippen LogP contribution in [0.2, 0.25) is 0 Å². The molecule has 0 aromatic rings. The van der Waals surface area contributed by atoms with Crippen LogP contribution in [-0.2, 0) is 4.74 Å². The molecular weight excluding hydrogens is 154 g/mol. The fourth-order valence-electron chi connectivity index (χ4n) is 1.45. The number of aliphatic hydroxyl groups is 1. The number of hydrogen-bond donors (Lipinski definition) is 2. The molecule has 0 aromatic carbocycles. The van der Waals surface area contributed by atoms with E-state index < -0.39 is 0 Å². The molecule has 0 aromatic heterocycles. The molecular formula is C9H19NO2. The molecule has 0 bridgehead atoms. The highest BCUT2D eigenvalue weighted by molar-refractivity contribution is 4.84. The maximum absolute atomic E-state index is 9.54. The fourth-order valence-corrected chi connectivity index (χ4v) is 1.45. The van der Waals surface area contributed by atoms with Gasteiger partial charge in [-0.1, -0.05) is 0 Å². The van der Waals surface area contributed by atoms with Gasteiger partial charge in [-0.25, -0.2) is 0 Å². The van der Waals surface area contributed by atoms with Crippen molar-refractivity contribution in [2.45, 2.75) is 44.9 Å². The molecule has 12 heavy (non-hydrogen) atoms. The zero-order valence-electron chi connectivity index (χ0n) is 8.13. The first-order valence-corrected chi connectivity index (χ1v) is 4.52. The SMILES string of the molecule is CC(C)(C)N[C@H]1CCOC[C@@H]1O. The first kappa shape index (κ1) is 9.96. The van der Waals surface area contributed by atoms with Gasteiger partial charge in [0.1, 0.15) is 0 Å². The van der Waals surface area contributed by atoms with Crippen molar-refractivity contribution in [1.29, 1.82) is 0 Å². The predicted molar refractivity (Wildman–Crippen MR) is 48.1 cm³/mol. The molecule has 0 saturated carbocycles. The van der Waals surface area contributed by atoms with E-state index in [1.165, 1.54) is 0 Å². The highest BCUT2D eigenvalue weighted by Crippen LogP contribution is 2.11. The molecule has 2 atom stereocenters. The third-order valence-electron chi connectivity index (χ3n) is 1.94. The van der Waals surface area contributed by atoms with Crippen LogP contribution in [0.3, 0.4) is 0 Å². The van der Waals surface area contributed by atoms with Crippen LogP contribution in [0.5, 0.6) is 0 Å². The van der Waals surface area contributed by atoms with Gasteiger partial charge in [0.2, 0.25) is 0 Å². The Morgan fingerprint density at radius 1 is 1.42 bits per heavy atom. The summed E-state index contributed by atoms with van der Waals surface area (Å²) < 4.78 is 5.14. The van der Waals surface area contributed by atoms with Gasteiger partial charge < -0.3 is 15.2 Å². The lowest BCUT2D eigenvalue weighted by atomic mass is 10.0. The average Bonchev–Trinajstić information content (AvgIpc) is 1.91. The van der Waals surface area contributed by atoms with Crippen LogP contribution in [0.1, 0.15) is 27.2 Å². The standard InChI is InChI=1S/C9H19NO2/c1-9(2,3)10-7-4-5-12-6-8(7)11/h7-8,10-11H,4-6H2,1-3H3/t7-,8-/m0/s1. The van der Waals surface area contributed by atoms with E-state index in [4.69, 9.17) is 4.74 Å². The van der Waals surface area contributed by atoms with Crippen LogP contribution in [0.4, 0.5) is 0 Å². The lowest BCUT2D eigenvalue weighted by Crippen LogP contribution is -2.53. The minimum atomic E-state index is -0.349. The van der Waals surface area contributed by atoms with Crippen LogP contribution < -0.4 is 5.32 Å². The average molecular weight is 173 g/mol. The van der Waals surface area contributed by atoms with E-state index in [1.807, 2.05) is 0 Å². The third kappa shape index (κ3) is 3.09. The van der Waals surface area contributed by atoms with Crippen LogP contribution >= 0.6 is 0 Å². The summed E-state index contributed by atoms with van der Waals surface area (Å²) in [7, 11) is 0. The lowest BCUT2D eigenvalue weighted by Gasteiger charge is -2.34. The summed E-state index contributed by atoms with van der Waals surface area (Å²) in [6.07, 6.45) is 0.552. The Morgan fingerprint density at radius 2 is 2.08 bits per heavy atom. The van der Waals surface area contributed by atoms with Gasteiger partial charge in [-0.05, 0) is 27.2 Å². The first-order valence-electron chi connectivity index (χ1n) is 4.52. The molecule has 0 spiro atoms. The Morgan fingerprint density at radius 3 is 2.58 bits per heavy atom. The van der Waals surface area contributed by atoms with Gasteiger partial charge in [0.15, 0.2) is 0 Å². The maximum atomic E-state index is 9.54. The summed E-state index contributed by atoms with van der Waals surface area (Å²) in [4.78, 5) is 0. The smallest absolute Gasteiger partial charge is 0.0927 e. The van der Waals surface area contributed by atoms with Gasteiger partial charge in [0.25, 0.3) is 0 Å². The zero-order chi connectivity index (χ0) is 9.19. The Hall–Kier alpha value is -0.120. The predicted octanol–water partition coefficient (Wildman–Crippen LogP) is 0.524. The number of hydrogen-bond acceptors (Lipinski definition) is 3. The van der Waals surface area contributed by atoms with Crippen molar-refractivity contribution in [3.8, 4) is 0 Å². The molecule has 1 heterocycles. The van der Waals surface area contributed by atoms with Crippen molar-refractivity contribution in [2.75, 3.05) is 13.2 Å². The molecule has 1 rings (SSSR count). The Kier molecular flexibility index (Phi) is 3.09. The van der Waals surface area contributed by atoms with E-state index in [0.29, 0.717) is 6.61 Å². The minimum absolute atomic E-state index is 0.0724. The molecule has 2 N–H and O–H groups in total. The molecule has 1 saturated heterocycles. The monoisotopic (exact) mass is 173 g/mol. The van der Waals surface area contributed by atoms with Crippen molar-refractivity contribution in [3.63, 3.8) is 0 Å². The summed E-state index contributed by atoms with van der Waals surface area (Å²) in [5.41, 5.74) is 0.0724. The summed E-state index contributed by atoms with van der Waals surface area (Å²) in [6, 6.07) is 0.193. The van der Waals surface area contributed by atoms with Crippen molar-refractivity contribution in [1.82, 2.24) is 5.32 Å². The number of rotatable bonds is 1. The van der Waals surface area contributed by atoms with Gasteiger partial charge in [-0.2, -0.15) is 0 Å². The summed E-state index contributed by atoms with van der Waals surface area (Å²) in [6.45, 7) is 7.54. The molecule has 72 valence electrons. The molecule has 1 aliphatic heterocycles. The topological polar surface area (TPSA) is 41.5 Å². The van der Waals surface area contributed by atoms with Crippen molar-refractivity contribution in [3.05, 3.63) is 0 Å². The van der Waals surface area contributed by atoms with E-state index in [-0.39, 0.29) is 17.7 Å². The zero-order valence-corrected chi connectivity index (χ0v) is 8.13. The molecule has 3 nitrogen and oxygen atoms in total. The highest BCUT2D eigenvalue weighted by Gasteiger charge is 2.26. The Balaban J connectivity index is 2.39. The van der Waals surface area contributed by atoms with Crippen molar-refractivity contribution < 1.29 is 9.84 Å². The fraction of sp³-hybridized carbons (Fsp3) is 1.00. The number of aliphatic hydroxyl groups excluding tert-OH is 1. The number of nitrogens with one attached hydrogen (secondary N) is 1. The largest absolute Gasteiger partial charge is 0.389 e. The van der Waals surface area contributed by atoms with E-state index in [2.05, 4.69) is 26.1 Å². The molecule has 0 amide bonds. The Labute approximate surface area is 74.1 Å². The summed E-state index contributed by atoms with van der Waals surface area (Å²) >= 11 is 0. The molecule has 0 unspecified atom stereocenters. The Bertz CT molecular complexity index is 142. The van der Waals surface area contributed by atoms with Gasteiger partial charge in [0.05, 0.1) is 12.7 Å². The van der Waals surface area contributed by atoms with Gasteiger partial charge in [0, 0.05) is 18.2 Å². The first-order chi connectivity index (χ1) is 5.49. The molecule has 1 aliphatic rings. The molecule has 1 fully saturated rings.